The zero-order valence-electron chi connectivity index (χ0n) is 13.5. The molecule has 0 unspecified atom stereocenters. The molecule has 0 saturated carbocycles. The van der Waals surface area contributed by atoms with Gasteiger partial charge in [0.05, 0.1) is 10.5 Å². The molecule has 1 aromatic carbocycles. The van der Waals surface area contributed by atoms with E-state index in [2.05, 4.69) is 0 Å². The average Bonchev–Trinajstić information content (AvgIpc) is 2.61. The Balaban J connectivity index is 2.15. The van der Waals surface area contributed by atoms with Crippen molar-refractivity contribution < 1.29 is 29.2 Å². The SMILES string of the molecule is COCC(=O)N1CCN(C(=O)c2cc(C(=O)O)cc([N+](=O)[O-])c2)CC1. The molecule has 0 aromatic heterocycles. The second-order valence-electron chi connectivity index (χ2n) is 5.44. The number of hydrogen-bond donors (Lipinski definition) is 1. The van der Waals surface area contributed by atoms with Gasteiger partial charge in [-0.15, -0.1) is 0 Å². The number of aromatic carboxylic acids is 1. The minimum atomic E-state index is -1.35. The summed E-state index contributed by atoms with van der Waals surface area (Å²) in [5.41, 5.74) is -0.855. The molecule has 1 saturated heterocycles. The molecule has 134 valence electrons. The Morgan fingerprint density at radius 2 is 1.68 bits per heavy atom. The number of carbonyl (C=O) groups is 3. The molecule has 1 aliphatic heterocycles. The molecule has 10 nitrogen and oxygen atoms in total. The fraction of sp³-hybridized carbons (Fsp3) is 0.400. The predicted octanol–water partition coefficient (Wildman–Crippen LogP) is 0.224. The molecule has 1 N–H and O–H groups in total. The molecule has 25 heavy (non-hydrogen) atoms. The molecule has 0 aliphatic carbocycles. The van der Waals surface area contributed by atoms with Crippen LogP contribution in [-0.2, 0) is 9.53 Å². The monoisotopic (exact) mass is 351 g/mol. The maximum atomic E-state index is 12.5. The lowest BCUT2D eigenvalue weighted by molar-refractivity contribution is -0.384. The van der Waals surface area contributed by atoms with E-state index < -0.39 is 22.5 Å². The Kier molecular flexibility index (Phi) is 5.65. The maximum absolute atomic E-state index is 12.5. The smallest absolute Gasteiger partial charge is 0.335 e. The van der Waals surface area contributed by atoms with Crippen LogP contribution in [0, 0.1) is 10.1 Å². The average molecular weight is 351 g/mol. The minimum absolute atomic E-state index is 0.0409. The Labute approximate surface area is 142 Å². The predicted molar refractivity (Wildman–Crippen MR) is 84.4 cm³/mol. The van der Waals surface area contributed by atoms with Crippen molar-refractivity contribution in [2.24, 2.45) is 0 Å². The van der Waals surface area contributed by atoms with E-state index in [0.29, 0.717) is 13.1 Å². The standard InChI is InChI=1S/C15H17N3O7/c1-25-9-13(19)16-2-4-17(5-3-16)14(20)10-6-11(15(21)22)8-12(7-10)18(23)24/h6-8H,2-5,9H2,1H3,(H,21,22). The highest BCUT2D eigenvalue weighted by Crippen LogP contribution is 2.19. The largest absolute Gasteiger partial charge is 0.478 e. The number of rotatable bonds is 5. The summed E-state index contributed by atoms with van der Waals surface area (Å²) in [7, 11) is 1.42. The topological polar surface area (TPSA) is 130 Å². The number of non-ortho nitro benzene ring substituents is 1. The second-order valence-corrected chi connectivity index (χ2v) is 5.44. The summed E-state index contributed by atoms with van der Waals surface area (Å²) in [6, 6.07) is 3.07. The number of ether oxygens (including phenoxy) is 1. The van der Waals surface area contributed by atoms with Gasteiger partial charge in [-0.1, -0.05) is 0 Å². The van der Waals surface area contributed by atoms with Crippen molar-refractivity contribution in [3.05, 3.63) is 39.4 Å². The van der Waals surface area contributed by atoms with E-state index >= 15 is 0 Å². The number of hydrogen-bond acceptors (Lipinski definition) is 6. The van der Waals surface area contributed by atoms with Crippen molar-refractivity contribution in [3.8, 4) is 0 Å². The fourth-order valence-electron chi connectivity index (χ4n) is 2.52. The summed E-state index contributed by atoms with van der Waals surface area (Å²) >= 11 is 0. The fourth-order valence-corrected chi connectivity index (χ4v) is 2.52. The van der Waals surface area contributed by atoms with Crippen LogP contribution in [-0.4, -0.2) is 77.5 Å². The third kappa shape index (κ3) is 4.29. The normalized spacial score (nSPS) is 14.3. The molecule has 1 heterocycles. The number of benzene rings is 1. The van der Waals surface area contributed by atoms with Gasteiger partial charge in [0.2, 0.25) is 5.91 Å². The highest BCUT2D eigenvalue weighted by atomic mass is 16.6. The molecule has 0 atom stereocenters. The maximum Gasteiger partial charge on any atom is 0.335 e. The lowest BCUT2D eigenvalue weighted by Gasteiger charge is -2.34. The number of carboxylic acid groups (broad SMARTS) is 1. The molecule has 0 spiro atoms. The first kappa shape index (κ1) is 18.3. The zero-order valence-corrected chi connectivity index (χ0v) is 13.5. The van der Waals surface area contributed by atoms with E-state index in [1.807, 2.05) is 0 Å². The van der Waals surface area contributed by atoms with Crippen LogP contribution < -0.4 is 0 Å². The summed E-state index contributed by atoms with van der Waals surface area (Å²) < 4.78 is 4.78. The molecule has 2 amide bonds. The quantitative estimate of drug-likeness (QED) is 0.593. The summed E-state index contributed by atoms with van der Waals surface area (Å²) in [6.07, 6.45) is 0. The first-order valence-electron chi connectivity index (χ1n) is 7.42. The van der Waals surface area contributed by atoms with E-state index in [9.17, 15) is 24.5 Å². The third-order valence-corrected chi connectivity index (χ3v) is 3.81. The Hall–Kier alpha value is -3.01. The molecule has 0 bridgehead atoms. The third-order valence-electron chi connectivity index (χ3n) is 3.81. The van der Waals surface area contributed by atoms with Gasteiger partial charge in [-0.2, -0.15) is 0 Å². The van der Waals surface area contributed by atoms with E-state index in [-0.39, 0.29) is 36.7 Å². The lowest BCUT2D eigenvalue weighted by atomic mass is 10.1. The number of carbonyl (C=O) groups excluding carboxylic acids is 2. The van der Waals surface area contributed by atoms with Crippen molar-refractivity contribution in [1.82, 2.24) is 9.80 Å². The van der Waals surface area contributed by atoms with Crippen molar-refractivity contribution in [3.63, 3.8) is 0 Å². The van der Waals surface area contributed by atoms with Gasteiger partial charge in [-0.05, 0) is 6.07 Å². The van der Waals surface area contributed by atoms with Gasteiger partial charge in [0.1, 0.15) is 6.61 Å². The van der Waals surface area contributed by atoms with Crippen molar-refractivity contribution in [2.45, 2.75) is 0 Å². The van der Waals surface area contributed by atoms with Crippen molar-refractivity contribution >= 4 is 23.5 Å². The van der Waals surface area contributed by atoms with Gasteiger partial charge in [-0.3, -0.25) is 19.7 Å². The van der Waals surface area contributed by atoms with Gasteiger partial charge in [-0.25, -0.2) is 4.79 Å². The number of carboxylic acids is 1. The minimum Gasteiger partial charge on any atom is -0.478 e. The summed E-state index contributed by atoms with van der Waals surface area (Å²) in [4.78, 5) is 48.6. The number of piperazine rings is 1. The van der Waals surface area contributed by atoms with Gasteiger partial charge >= 0.3 is 5.97 Å². The summed E-state index contributed by atoms with van der Waals surface area (Å²) in [5, 5.41) is 20.0. The first-order valence-corrected chi connectivity index (χ1v) is 7.42. The van der Waals surface area contributed by atoms with Crippen LogP contribution in [0.1, 0.15) is 20.7 Å². The number of amides is 2. The van der Waals surface area contributed by atoms with Crippen LogP contribution in [0.2, 0.25) is 0 Å². The highest BCUT2D eigenvalue weighted by Gasteiger charge is 2.26. The van der Waals surface area contributed by atoms with Gasteiger partial charge in [0.15, 0.2) is 0 Å². The molecular weight excluding hydrogens is 334 g/mol. The number of nitrogens with zero attached hydrogens (tertiary/aromatic N) is 3. The van der Waals surface area contributed by atoms with Crippen LogP contribution >= 0.6 is 0 Å². The van der Waals surface area contributed by atoms with Crippen LogP contribution in [0.3, 0.4) is 0 Å². The van der Waals surface area contributed by atoms with Gasteiger partial charge in [0, 0.05) is 51.0 Å². The molecule has 1 aliphatic rings. The van der Waals surface area contributed by atoms with E-state index in [1.54, 1.807) is 4.90 Å². The highest BCUT2D eigenvalue weighted by molar-refractivity contribution is 5.98. The zero-order chi connectivity index (χ0) is 18.6. The first-order chi connectivity index (χ1) is 11.8. The lowest BCUT2D eigenvalue weighted by Crippen LogP contribution is -2.51. The number of nitro groups is 1. The van der Waals surface area contributed by atoms with E-state index in [0.717, 1.165) is 18.2 Å². The Bertz CT molecular complexity index is 679. The molecule has 1 aromatic rings. The van der Waals surface area contributed by atoms with E-state index in [4.69, 9.17) is 9.84 Å². The number of nitro benzene ring substituents is 1. The molecule has 0 radical (unpaired) electrons. The molecule has 1 fully saturated rings. The van der Waals surface area contributed by atoms with Crippen LogP contribution in [0.5, 0.6) is 0 Å². The van der Waals surface area contributed by atoms with Crippen LogP contribution in [0.15, 0.2) is 18.2 Å². The summed E-state index contributed by atoms with van der Waals surface area (Å²) in [6.45, 7) is 1.09. The summed E-state index contributed by atoms with van der Waals surface area (Å²) in [5.74, 6) is -2.05. The van der Waals surface area contributed by atoms with E-state index in [1.165, 1.54) is 12.0 Å². The van der Waals surface area contributed by atoms with Crippen molar-refractivity contribution in [2.75, 3.05) is 39.9 Å². The Morgan fingerprint density at radius 3 is 2.20 bits per heavy atom. The van der Waals surface area contributed by atoms with Crippen molar-refractivity contribution in [1.29, 1.82) is 0 Å². The number of methoxy groups -OCH3 is 1. The molecular formula is C15H17N3O7. The van der Waals surface area contributed by atoms with Crippen LogP contribution in [0.4, 0.5) is 5.69 Å². The Morgan fingerprint density at radius 1 is 1.12 bits per heavy atom. The molecule has 10 heteroatoms. The van der Waals surface area contributed by atoms with Crippen LogP contribution in [0.25, 0.3) is 0 Å². The van der Waals surface area contributed by atoms with Gasteiger partial charge in [0.25, 0.3) is 11.6 Å². The molecule has 2 rings (SSSR count). The second kappa shape index (κ2) is 7.71. The van der Waals surface area contributed by atoms with Gasteiger partial charge < -0.3 is 19.6 Å².